The molecule has 1 aromatic heterocycles. The Kier molecular flexibility index (Phi) is 3.81. The minimum Gasteiger partial charge on any atom is -0.481 e. The fraction of sp³-hybridized carbons (Fsp3) is 0.200. The van der Waals surface area contributed by atoms with Crippen molar-refractivity contribution in [3.63, 3.8) is 0 Å². The summed E-state index contributed by atoms with van der Waals surface area (Å²) in [7, 11) is 1.90. The van der Waals surface area contributed by atoms with Crippen LogP contribution in [0.1, 0.15) is 18.4 Å². The number of benzene rings is 2. The van der Waals surface area contributed by atoms with Crippen molar-refractivity contribution in [3.05, 3.63) is 60.3 Å². The molecule has 1 aliphatic carbocycles. The summed E-state index contributed by atoms with van der Waals surface area (Å²) in [5.74, 6) is -0.713. The molecule has 4 nitrogen and oxygen atoms in total. The lowest BCUT2D eigenvalue weighted by molar-refractivity contribution is -0.140. The Morgan fingerprint density at radius 3 is 2.12 bits per heavy atom. The van der Waals surface area contributed by atoms with Gasteiger partial charge in [0.15, 0.2) is 0 Å². The van der Waals surface area contributed by atoms with E-state index in [0.717, 1.165) is 45.7 Å². The van der Waals surface area contributed by atoms with Gasteiger partial charge in [-0.2, -0.15) is 4.37 Å². The highest BCUT2D eigenvalue weighted by molar-refractivity contribution is 7.10. The third-order valence-corrected chi connectivity index (χ3v) is 5.77. The average Bonchev–Trinajstić information content (AvgIpc) is 3.33. The topological polar surface area (TPSA) is 62.2 Å². The van der Waals surface area contributed by atoms with Crippen LogP contribution in [0, 0.1) is 0 Å². The van der Waals surface area contributed by atoms with Gasteiger partial charge in [-0.3, -0.25) is 4.79 Å². The number of rotatable bonds is 5. The Bertz CT molecular complexity index is 910. The molecule has 0 aliphatic heterocycles. The third kappa shape index (κ3) is 2.70. The second kappa shape index (κ2) is 6.01. The number of nitrogens with one attached hydrogen (secondary N) is 1. The summed E-state index contributed by atoms with van der Waals surface area (Å²) in [6, 6.07) is 16.3. The molecule has 0 radical (unpaired) electrons. The normalized spacial score (nSPS) is 14.9. The molecule has 1 aliphatic rings. The number of carbonyl (C=O) groups is 1. The lowest BCUT2D eigenvalue weighted by Gasteiger charge is -2.11. The van der Waals surface area contributed by atoms with Crippen LogP contribution in [0.15, 0.2) is 54.7 Å². The Balaban J connectivity index is 1.59. The summed E-state index contributed by atoms with van der Waals surface area (Å²) in [5.41, 5.74) is 4.64. The molecule has 0 spiro atoms. The molecule has 0 unspecified atom stereocenters. The second-order valence-electron chi connectivity index (χ2n) is 6.36. The zero-order chi connectivity index (χ0) is 17.4. The van der Waals surface area contributed by atoms with Crippen molar-refractivity contribution in [2.45, 2.75) is 18.3 Å². The Morgan fingerprint density at radius 1 is 1.04 bits per heavy atom. The molecule has 0 amide bonds. The molecule has 0 bridgehead atoms. The molecule has 0 saturated heterocycles. The first kappa shape index (κ1) is 15.8. The van der Waals surface area contributed by atoms with Crippen molar-refractivity contribution in [1.29, 1.82) is 0 Å². The molecule has 25 heavy (non-hydrogen) atoms. The van der Waals surface area contributed by atoms with E-state index in [4.69, 9.17) is 0 Å². The highest BCUT2D eigenvalue weighted by Gasteiger charge is 2.51. The van der Waals surface area contributed by atoms with Crippen molar-refractivity contribution >= 4 is 23.2 Å². The van der Waals surface area contributed by atoms with Gasteiger partial charge in [0.1, 0.15) is 0 Å². The van der Waals surface area contributed by atoms with Crippen LogP contribution in [0.5, 0.6) is 0 Å². The minimum absolute atomic E-state index is 0.641. The fourth-order valence-corrected chi connectivity index (χ4v) is 3.93. The van der Waals surface area contributed by atoms with E-state index in [0.29, 0.717) is 0 Å². The predicted molar refractivity (Wildman–Crippen MR) is 101 cm³/mol. The molecule has 5 heteroatoms. The van der Waals surface area contributed by atoms with Gasteiger partial charge in [0.2, 0.25) is 0 Å². The van der Waals surface area contributed by atoms with Crippen LogP contribution in [0.3, 0.4) is 0 Å². The highest BCUT2D eigenvalue weighted by atomic mass is 32.1. The van der Waals surface area contributed by atoms with Crippen molar-refractivity contribution < 1.29 is 9.90 Å². The standard InChI is InChI=1S/C20H18N2O2S/c1-21-17-12-22-25-18(17)15-4-2-13(3-5-15)14-6-8-16(9-7-14)20(10-11-20)19(23)24/h2-9,12,21H,10-11H2,1H3,(H,23,24). The zero-order valence-corrected chi connectivity index (χ0v) is 14.6. The van der Waals surface area contributed by atoms with Gasteiger partial charge in [0.05, 0.1) is 22.2 Å². The number of anilines is 1. The fourth-order valence-electron chi connectivity index (χ4n) is 3.17. The Morgan fingerprint density at radius 2 is 1.60 bits per heavy atom. The maximum Gasteiger partial charge on any atom is 0.314 e. The first-order chi connectivity index (χ1) is 12.1. The summed E-state index contributed by atoms with van der Waals surface area (Å²) in [5, 5.41) is 12.6. The van der Waals surface area contributed by atoms with E-state index in [1.807, 2.05) is 37.5 Å². The van der Waals surface area contributed by atoms with Gasteiger partial charge >= 0.3 is 5.97 Å². The molecular formula is C20H18N2O2S. The number of carboxylic acid groups (broad SMARTS) is 1. The van der Waals surface area contributed by atoms with E-state index in [2.05, 4.69) is 34.0 Å². The van der Waals surface area contributed by atoms with Crippen LogP contribution in [0.25, 0.3) is 21.6 Å². The largest absolute Gasteiger partial charge is 0.481 e. The van der Waals surface area contributed by atoms with Gasteiger partial charge in [-0.05, 0) is 46.6 Å². The number of aromatic nitrogens is 1. The Labute approximate surface area is 150 Å². The van der Waals surface area contributed by atoms with Crippen molar-refractivity contribution in [2.75, 3.05) is 12.4 Å². The summed E-state index contributed by atoms with van der Waals surface area (Å²) >= 11 is 1.48. The summed E-state index contributed by atoms with van der Waals surface area (Å²) in [6.45, 7) is 0. The zero-order valence-electron chi connectivity index (χ0n) is 13.8. The summed E-state index contributed by atoms with van der Waals surface area (Å²) in [6.07, 6.45) is 3.31. The Hall–Kier alpha value is -2.66. The number of carboxylic acids is 1. The van der Waals surface area contributed by atoms with Crippen LogP contribution < -0.4 is 5.32 Å². The summed E-state index contributed by atoms with van der Waals surface area (Å²) in [4.78, 5) is 12.6. The van der Waals surface area contributed by atoms with Gasteiger partial charge < -0.3 is 10.4 Å². The van der Waals surface area contributed by atoms with E-state index in [1.165, 1.54) is 11.5 Å². The number of aliphatic carboxylic acids is 1. The molecule has 126 valence electrons. The first-order valence-electron chi connectivity index (χ1n) is 8.21. The van der Waals surface area contributed by atoms with Crippen molar-refractivity contribution in [1.82, 2.24) is 4.37 Å². The minimum atomic E-state index is -0.713. The number of hydrogen-bond acceptors (Lipinski definition) is 4. The van der Waals surface area contributed by atoms with Crippen LogP contribution in [0.2, 0.25) is 0 Å². The predicted octanol–water partition coefficient (Wildman–Crippen LogP) is 4.64. The summed E-state index contributed by atoms with van der Waals surface area (Å²) < 4.78 is 4.23. The quantitative estimate of drug-likeness (QED) is 0.704. The van der Waals surface area contributed by atoms with E-state index in [1.54, 1.807) is 0 Å². The van der Waals surface area contributed by atoms with E-state index < -0.39 is 11.4 Å². The molecule has 1 heterocycles. The maximum atomic E-state index is 11.4. The SMILES string of the molecule is CNc1cnsc1-c1ccc(-c2ccc(C3(C(=O)O)CC3)cc2)cc1. The van der Waals surface area contributed by atoms with Gasteiger partial charge in [-0.25, -0.2) is 0 Å². The number of nitrogens with zero attached hydrogens (tertiary/aromatic N) is 1. The van der Waals surface area contributed by atoms with Crippen LogP contribution in [-0.2, 0) is 10.2 Å². The van der Waals surface area contributed by atoms with Crippen LogP contribution >= 0.6 is 11.5 Å². The average molecular weight is 350 g/mol. The number of hydrogen-bond donors (Lipinski definition) is 2. The van der Waals surface area contributed by atoms with E-state index >= 15 is 0 Å². The van der Waals surface area contributed by atoms with Gasteiger partial charge in [-0.1, -0.05) is 48.5 Å². The molecule has 0 atom stereocenters. The monoisotopic (exact) mass is 350 g/mol. The van der Waals surface area contributed by atoms with Crippen LogP contribution in [-0.4, -0.2) is 22.5 Å². The van der Waals surface area contributed by atoms with E-state index in [9.17, 15) is 9.90 Å². The maximum absolute atomic E-state index is 11.4. The molecular weight excluding hydrogens is 332 g/mol. The van der Waals surface area contributed by atoms with E-state index in [-0.39, 0.29) is 0 Å². The third-order valence-electron chi connectivity index (χ3n) is 4.92. The van der Waals surface area contributed by atoms with Gasteiger partial charge in [-0.15, -0.1) is 0 Å². The lowest BCUT2D eigenvalue weighted by atomic mass is 9.93. The second-order valence-corrected chi connectivity index (χ2v) is 7.16. The molecule has 4 rings (SSSR count). The van der Waals surface area contributed by atoms with Crippen LogP contribution in [0.4, 0.5) is 5.69 Å². The molecule has 1 fully saturated rings. The van der Waals surface area contributed by atoms with Crippen molar-refractivity contribution in [3.8, 4) is 21.6 Å². The lowest BCUT2D eigenvalue weighted by Crippen LogP contribution is -2.19. The highest BCUT2D eigenvalue weighted by Crippen LogP contribution is 2.48. The molecule has 2 N–H and O–H groups in total. The van der Waals surface area contributed by atoms with Gasteiger partial charge in [0, 0.05) is 7.05 Å². The van der Waals surface area contributed by atoms with Crippen molar-refractivity contribution in [2.24, 2.45) is 0 Å². The molecule has 1 saturated carbocycles. The smallest absolute Gasteiger partial charge is 0.314 e. The molecule has 2 aromatic carbocycles. The van der Waals surface area contributed by atoms with Gasteiger partial charge in [0.25, 0.3) is 0 Å². The molecule has 3 aromatic rings. The first-order valence-corrected chi connectivity index (χ1v) is 8.98.